The number of fused-ring (bicyclic) bond motifs is 1. The zero-order valence-corrected chi connectivity index (χ0v) is 12.6. The highest BCUT2D eigenvalue weighted by Crippen LogP contribution is 2.21. The second kappa shape index (κ2) is 5.29. The van der Waals surface area contributed by atoms with E-state index >= 15 is 0 Å². The molecule has 106 valence electrons. The number of carbonyl (C=O) groups excluding carboxylic acids is 1. The van der Waals surface area contributed by atoms with Crippen molar-refractivity contribution in [1.82, 2.24) is 4.98 Å². The van der Waals surface area contributed by atoms with Crippen LogP contribution >= 0.6 is 15.9 Å². The molecule has 0 radical (unpaired) electrons. The lowest BCUT2D eigenvalue weighted by atomic mass is 10.2. The number of aromatic nitrogens is 1. The van der Waals surface area contributed by atoms with E-state index in [-0.39, 0.29) is 5.56 Å². The van der Waals surface area contributed by atoms with Crippen LogP contribution in [0.5, 0.6) is 0 Å². The summed E-state index contributed by atoms with van der Waals surface area (Å²) in [6.07, 6.45) is 0. The molecule has 0 aliphatic heterocycles. The molecular weight excluding hydrogens is 339 g/mol. The van der Waals surface area contributed by atoms with Gasteiger partial charge in [0.05, 0.1) is 5.56 Å². The monoisotopic (exact) mass is 348 g/mol. The molecule has 2 aromatic carbocycles. The molecule has 0 fully saturated rings. The normalized spacial score (nSPS) is 10.8. The average molecular weight is 349 g/mol. The fraction of sp³-hybridized carbons (Fsp3) is 0.0667. The van der Waals surface area contributed by atoms with Gasteiger partial charge in [-0.25, -0.2) is 9.37 Å². The Morgan fingerprint density at radius 3 is 2.90 bits per heavy atom. The molecule has 3 rings (SSSR count). The third-order valence-corrected chi connectivity index (χ3v) is 3.42. The maximum atomic E-state index is 13.7. The Bertz CT molecular complexity index is 845. The van der Waals surface area contributed by atoms with Crippen LogP contribution in [-0.4, -0.2) is 10.9 Å². The summed E-state index contributed by atoms with van der Waals surface area (Å²) in [7, 11) is 0. The van der Waals surface area contributed by atoms with Crippen LogP contribution in [0, 0.1) is 12.7 Å². The van der Waals surface area contributed by atoms with Gasteiger partial charge in [0.15, 0.2) is 11.5 Å². The quantitative estimate of drug-likeness (QED) is 0.751. The van der Waals surface area contributed by atoms with Gasteiger partial charge >= 0.3 is 0 Å². The van der Waals surface area contributed by atoms with Gasteiger partial charge in [0.2, 0.25) is 0 Å². The van der Waals surface area contributed by atoms with E-state index in [9.17, 15) is 9.18 Å². The molecule has 4 nitrogen and oxygen atoms in total. The fourth-order valence-corrected chi connectivity index (χ4v) is 2.35. The highest BCUT2D eigenvalue weighted by Gasteiger charge is 2.13. The molecule has 0 saturated carbocycles. The van der Waals surface area contributed by atoms with Gasteiger partial charge in [-0.15, -0.1) is 0 Å². The number of carbonyl (C=O) groups is 1. The minimum atomic E-state index is -0.575. The van der Waals surface area contributed by atoms with Crippen molar-refractivity contribution in [3.63, 3.8) is 0 Å². The molecule has 0 spiro atoms. The molecule has 6 heteroatoms. The number of rotatable bonds is 2. The lowest BCUT2D eigenvalue weighted by Crippen LogP contribution is -2.13. The van der Waals surface area contributed by atoms with Crippen molar-refractivity contribution in [3.8, 4) is 0 Å². The summed E-state index contributed by atoms with van der Waals surface area (Å²) in [6, 6.07) is 9.28. The summed E-state index contributed by atoms with van der Waals surface area (Å²) in [5.41, 5.74) is 1.78. The first-order valence-corrected chi connectivity index (χ1v) is 6.96. The van der Waals surface area contributed by atoms with Crippen molar-refractivity contribution in [3.05, 3.63) is 58.1 Å². The summed E-state index contributed by atoms with van der Waals surface area (Å²) in [4.78, 5) is 16.3. The Morgan fingerprint density at radius 1 is 1.29 bits per heavy atom. The molecule has 0 unspecified atom stereocenters. The second-order valence-electron chi connectivity index (χ2n) is 4.49. The molecule has 21 heavy (non-hydrogen) atoms. The maximum absolute atomic E-state index is 13.7. The Hall–Kier alpha value is -2.21. The number of hydrogen-bond donors (Lipinski definition) is 1. The minimum Gasteiger partial charge on any atom is -0.441 e. The van der Waals surface area contributed by atoms with Gasteiger partial charge in [0.25, 0.3) is 5.91 Å². The van der Waals surface area contributed by atoms with Crippen molar-refractivity contribution >= 4 is 38.6 Å². The fourth-order valence-electron chi connectivity index (χ4n) is 1.99. The standard InChI is InChI=1S/C15H10BrFN2O2/c1-8-18-13-7-10(3-5-14(13)21-8)19-15(20)11-6-9(16)2-4-12(11)17/h2-7H,1H3,(H,19,20). The van der Waals surface area contributed by atoms with Gasteiger partial charge in [-0.3, -0.25) is 4.79 Å². The third-order valence-electron chi connectivity index (χ3n) is 2.93. The van der Waals surface area contributed by atoms with Crippen molar-refractivity contribution in [2.75, 3.05) is 5.32 Å². The zero-order valence-electron chi connectivity index (χ0n) is 11.0. The highest BCUT2D eigenvalue weighted by molar-refractivity contribution is 9.10. The SMILES string of the molecule is Cc1nc2cc(NC(=O)c3cc(Br)ccc3F)ccc2o1. The van der Waals surface area contributed by atoms with E-state index in [1.807, 2.05) is 0 Å². The first-order valence-electron chi connectivity index (χ1n) is 6.16. The van der Waals surface area contributed by atoms with Crippen LogP contribution in [0.25, 0.3) is 11.1 Å². The van der Waals surface area contributed by atoms with Crippen LogP contribution in [0.4, 0.5) is 10.1 Å². The predicted octanol–water partition coefficient (Wildman–Crippen LogP) is 4.29. The van der Waals surface area contributed by atoms with E-state index in [4.69, 9.17) is 4.42 Å². The van der Waals surface area contributed by atoms with Crippen molar-refractivity contribution in [1.29, 1.82) is 0 Å². The number of benzene rings is 2. The zero-order chi connectivity index (χ0) is 15.0. The molecule has 0 bridgehead atoms. The van der Waals surface area contributed by atoms with Crippen LogP contribution in [-0.2, 0) is 0 Å². The number of aryl methyl sites for hydroxylation is 1. The molecule has 0 saturated heterocycles. The van der Waals surface area contributed by atoms with Gasteiger partial charge < -0.3 is 9.73 Å². The summed E-state index contributed by atoms with van der Waals surface area (Å²) in [5.74, 6) is -0.547. The van der Waals surface area contributed by atoms with Crippen molar-refractivity contribution in [2.24, 2.45) is 0 Å². The maximum Gasteiger partial charge on any atom is 0.258 e. The molecule has 0 aliphatic carbocycles. The molecular formula is C15H10BrFN2O2. The van der Waals surface area contributed by atoms with Crippen LogP contribution in [0.2, 0.25) is 0 Å². The Balaban J connectivity index is 1.90. The van der Waals surface area contributed by atoms with Crippen LogP contribution in [0.3, 0.4) is 0 Å². The topological polar surface area (TPSA) is 55.1 Å². The Morgan fingerprint density at radius 2 is 2.10 bits per heavy atom. The minimum absolute atomic E-state index is 0.0270. The smallest absolute Gasteiger partial charge is 0.258 e. The first kappa shape index (κ1) is 13.8. The van der Waals surface area contributed by atoms with Gasteiger partial charge in [0, 0.05) is 17.1 Å². The van der Waals surface area contributed by atoms with Crippen LogP contribution in [0.15, 0.2) is 45.3 Å². The Kier molecular flexibility index (Phi) is 3.47. The molecule has 1 aromatic heterocycles. The Labute approximate surface area is 128 Å². The van der Waals surface area contributed by atoms with E-state index in [2.05, 4.69) is 26.2 Å². The molecule has 1 heterocycles. The van der Waals surface area contributed by atoms with Gasteiger partial charge in [-0.1, -0.05) is 15.9 Å². The summed E-state index contributed by atoms with van der Waals surface area (Å²) < 4.78 is 19.7. The van der Waals surface area contributed by atoms with Crippen molar-refractivity contribution < 1.29 is 13.6 Å². The number of anilines is 1. The number of nitrogens with zero attached hydrogens (tertiary/aromatic N) is 1. The number of nitrogens with one attached hydrogen (secondary N) is 1. The van der Waals surface area contributed by atoms with E-state index in [0.29, 0.717) is 27.2 Å². The largest absolute Gasteiger partial charge is 0.441 e. The lowest BCUT2D eigenvalue weighted by molar-refractivity contribution is 0.102. The van der Waals surface area contributed by atoms with Crippen LogP contribution < -0.4 is 5.32 Å². The van der Waals surface area contributed by atoms with Gasteiger partial charge in [0.1, 0.15) is 11.3 Å². The highest BCUT2D eigenvalue weighted by atomic mass is 79.9. The molecule has 0 aliphatic rings. The second-order valence-corrected chi connectivity index (χ2v) is 5.41. The average Bonchev–Trinajstić information content (AvgIpc) is 2.80. The third kappa shape index (κ3) is 2.80. The van der Waals surface area contributed by atoms with E-state index in [0.717, 1.165) is 0 Å². The van der Waals surface area contributed by atoms with Crippen molar-refractivity contribution in [2.45, 2.75) is 6.92 Å². The van der Waals surface area contributed by atoms with E-state index in [1.165, 1.54) is 18.2 Å². The number of amides is 1. The first-order chi connectivity index (χ1) is 10.0. The number of halogens is 2. The lowest BCUT2D eigenvalue weighted by Gasteiger charge is -2.06. The molecule has 1 N–H and O–H groups in total. The number of hydrogen-bond acceptors (Lipinski definition) is 3. The van der Waals surface area contributed by atoms with Gasteiger partial charge in [-0.2, -0.15) is 0 Å². The van der Waals surface area contributed by atoms with E-state index in [1.54, 1.807) is 25.1 Å². The predicted molar refractivity (Wildman–Crippen MR) is 80.8 cm³/mol. The molecule has 1 amide bonds. The molecule has 3 aromatic rings. The summed E-state index contributed by atoms with van der Waals surface area (Å²) >= 11 is 3.22. The number of oxazole rings is 1. The summed E-state index contributed by atoms with van der Waals surface area (Å²) in [5, 5.41) is 2.65. The molecule has 0 atom stereocenters. The van der Waals surface area contributed by atoms with E-state index < -0.39 is 11.7 Å². The van der Waals surface area contributed by atoms with Crippen LogP contribution in [0.1, 0.15) is 16.2 Å². The van der Waals surface area contributed by atoms with Gasteiger partial charge in [-0.05, 0) is 36.4 Å². The summed E-state index contributed by atoms with van der Waals surface area (Å²) in [6.45, 7) is 1.75.